The first-order valence-electron chi connectivity index (χ1n) is 6.47. The van der Waals surface area contributed by atoms with Crippen molar-refractivity contribution in [2.45, 2.75) is 19.9 Å². The van der Waals surface area contributed by atoms with E-state index in [9.17, 15) is 0 Å². The standard InChI is InChI=1S/C15H19N3O/c1-2-9-19-14-7-4-8-17-15(14)18-13-6-3-5-12(10-13)11-16/h3-8,10H,2,9,11,16H2,1H3,(H,17,18). The number of hydrogen-bond donors (Lipinski definition) is 2. The fraction of sp³-hybridized carbons (Fsp3) is 0.267. The third kappa shape index (κ3) is 3.69. The van der Waals surface area contributed by atoms with Crippen LogP contribution in [0.3, 0.4) is 0 Å². The lowest BCUT2D eigenvalue weighted by Crippen LogP contribution is -2.02. The number of nitrogens with two attached hydrogens (primary N) is 1. The maximum atomic E-state index is 5.67. The van der Waals surface area contributed by atoms with Gasteiger partial charge in [-0.05, 0) is 36.2 Å². The van der Waals surface area contributed by atoms with E-state index in [1.165, 1.54) is 0 Å². The quantitative estimate of drug-likeness (QED) is 0.835. The van der Waals surface area contributed by atoms with Gasteiger partial charge in [0.05, 0.1) is 6.61 Å². The third-order valence-corrected chi connectivity index (χ3v) is 2.66. The Bertz CT molecular complexity index is 528. The second-order valence-corrected chi connectivity index (χ2v) is 4.23. The lowest BCUT2D eigenvalue weighted by Gasteiger charge is -2.12. The van der Waals surface area contributed by atoms with Crippen molar-refractivity contribution in [3.05, 3.63) is 48.2 Å². The topological polar surface area (TPSA) is 60.2 Å². The van der Waals surface area contributed by atoms with Gasteiger partial charge in [0.15, 0.2) is 11.6 Å². The van der Waals surface area contributed by atoms with Crippen LogP contribution in [-0.2, 0) is 6.54 Å². The number of anilines is 2. The molecule has 0 radical (unpaired) electrons. The predicted octanol–water partition coefficient (Wildman–Crippen LogP) is 3.07. The maximum absolute atomic E-state index is 5.67. The lowest BCUT2D eigenvalue weighted by atomic mass is 10.2. The molecule has 0 fully saturated rings. The third-order valence-electron chi connectivity index (χ3n) is 2.66. The fourth-order valence-corrected chi connectivity index (χ4v) is 1.73. The Hall–Kier alpha value is -2.07. The van der Waals surface area contributed by atoms with Crippen molar-refractivity contribution < 1.29 is 4.74 Å². The van der Waals surface area contributed by atoms with Gasteiger partial charge in [-0.2, -0.15) is 0 Å². The van der Waals surface area contributed by atoms with E-state index in [1.807, 2.05) is 36.4 Å². The van der Waals surface area contributed by atoms with Crippen LogP contribution in [0.4, 0.5) is 11.5 Å². The van der Waals surface area contributed by atoms with Crippen LogP contribution in [0.5, 0.6) is 5.75 Å². The van der Waals surface area contributed by atoms with Crippen molar-refractivity contribution in [3.63, 3.8) is 0 Å². The highest BCUT2D eigenvalue weighted by molar-refractivity contribution is 5.62. The van der Waals surface area contributed by atoms with Crippen LogP contribution < -0.4 is 15.8 Å². The molecule has 4 heteroatoms. The number of nitrogens with one attached hydrogen (secondary N) is 1. The van der Waals surface area contributed by atoms with Gasteiger partial charge in [0.25, 0.3) is 0 Å². The monoisotopic (exact) mass is 257 g/mol. The maximum Gasteiger partial charge on any atom is 0.173 e. The van der Waals surface area contributed by atoms with E-state index in [0.29, 0.717) is 13.2 Å². The van der Waals surface area contributed by atoms with Crippen molar-refractivity contribution in [2.75, 3.05) is 11.9 Å². The zero-order valence-electron chi connectivity index (χ0n) is 11.1. The molecule has 1 aromatic heterocycles. The number of aromatic nitrogens is 1. The highest BCUT2D eigenvalue weighted by Crippen LogP contribution is 2.25. The summed E-state index contributed by atoms with van der Waals surface area (Å²) in [5.74, 6) is 1.49. The number of benzene rings is 1. The van der Waals surface area contributed by atoms with Crippen LogP contribution >= 0.6 is 0 Å². The zero-order valence-corrected chi connectivity index (χ0v) is 11.1. The predicted molar refractivity (Wildman–Crippen MR) is 77.6 cm³/mol. The van der Waals surface area contributed by atoms with Crippen molar-refractivity contribution in [3.8, 4) is 5.75 Å². The van der Waals surface area contributed by atoms with E-state index in [-0.39, 0.29) is 0 Å². The molecule has 0 spiro atoms. The van der Waals surface area contributed by atoms with Gasteiger partial charge in [-0.3, -0.25) is 0 Å². The number of rotatable bonds is 6. The fourth-order valence-electron chi connectivity index (χ4n) is 1.73. The summed E-state index contributed by atoms with van der Waals surface area (Å²) in [6, 6.07) is 11.7. The number of nitrogens with zero attached hydrogens (tertiary/aromatic N) is 1. The van der Waals surface area contributed by atoms with Gasteiger partial charge in [0, 0.05) is 18.4 Å². The summed E-state index contributed by atoms with van der Waals surface area (Å²) in [7, 11) is 0. The van der Waals surface area contributed by atoms with Crippen molar-refractivity contribution in [1.82, 2.24) is 4.98 Å². The average molecular weight is 257 g/mol. The molecule has 100 valence electrons. The molecule has 0 aliphatic carbocycles. The summed E-state index contributed by atoms with van der Waals surface area (Å²) in [6.45, 7) is 3.29. The Balaban J connectivity index is 2.17. The molecule has 0 aliphatic heterocycles. The number of pyridine rings is 1. The Morgan fingerprint density at radius 2 is 2.16 bits per heavy atom. The molecule has 4 nitrogen and oxygen atoms in total. The summed E-state index contributed by atoms with van der Waals surface area (Å²) >= 11 is 0. The SMILES string of the molecule is CCCOc1cccnc1Nc1cccc(CN)c1. The molecule has 3 N–H and O–H groups in total. The van der Waals surface area contributed by atoms with Crippen LogP contribution in [-0.4, -0.2) is 11.6 Å². The van der Waals surface area contributed by atoms with Gasteiger partial charge in [-0.25, -0.2) is 4.98 Å². The summed E-state index contributed by atoms with van der Waals surface area (Å²) in [5, 5.41) is 3.26. The van der Waals surface area contributed by atoms with Crippen LogP contribution in [0.2, 0.25) is 0 Å². The molecule has 0 bridgehead atoms. The van der Waals surface area contributed by atoms with Gasteiger partial charge in [-0.15, -0.1) is 0 Å². The molecule has 1 aromatic carbocycles. The minimum absolute atomic E-state index is 0.525. The first-order valence-corrected chi connectivity index (χ1v) is 6.47. The van der Waals surface area contributed by atoms with Crippen LogP contribution in [0.1, 0.15) is 18.9 Å². The van der Waals surface area contributed by atoms with Crippen LogP contribution in [0.15, 0.2) is 42.6 Å². The van der Waals surface area contributed by atoms with Crippen LogP contribution in [0.25, 0.3) is 0 Å². The molecule has 0 atom stereocenters. The van der Waals surface area contributed by atoms with Gasteiger partial charge < -0.3 is 15.8 Å². The number of ether oxygens (including phenoxy) is 1. The van der Waals surface area contributed by atoms with E-state index in [4.69, 9.17) is 10.5 Å². The highest BCUT2D eigenvalue weighted by Gasteiger charge is 2.04. The summed E-state index contributed by atoms with van der Waals surface area (Å²) in [6.07, 6.45) is 2.71. The molecule has 0 aliphatic rings. The Kier molecular flexibility index (Phi) is 4.75. The molecular weight excluding hydrogens is 238 g/mol. The lowest BCUT2D eigenvalue weighted by molar-refractivity contribution is 0.318. The molecule has 0 saturated carbocycles. The number of hydrogen-bond acceptors (Lipinski definition) is 4. The van der Waals surface area contributed by atoms with Crippen molar-refractivity contribution >= 4 is 11.5 Å². The molecule has 1 heterocycles. The van der Waals surface area contributed by atoms with E-state index in [0.717, 1.165) is 29.2 Å². The van der Waals surface area contributed by atoms with Gasteiger partial charge in [0.1, 0.15) is 0 Å². The normalized spacial score (nSPS) is 10.2. The highest BCUT2D eigenvalue weighted by atomic mass is 16.5. The Morgan fingerprint density at radius 3 is 2.95 bits per heavy atom. The molecule has 19 heavy (non-hydrogen) atoms. The van der Waals surface area contributed by atoms with E-state index < -0.39 is 0 Å². The zero-order chi connectivity index (χ0) is 13.5. The molecular formula is C15H19N3O. The Morgan fingerprint density at radius 1 is 1.26 bits per heavy atom. The van der Waals surface area contributed by atoms with Crippen molar-refractivity contribution in [2.24, 2.45) is 5.73 Å². The smallest absolute Gasteiger partial charge is 0.173 e. The summed E-state index contributed by atoms with van der Waals surface area (Å²) in [4.78, 5) is 4.32. The second kappa shape index (κ2) is 6.75. The van der Waals surface area contributed by atoms with E-state index in [1.54, 1.807) is 6.20 Å². The van der Waals surface area contributed by atoms with Gasteiger partial charge in [-0.1, -0.05) is 19.1 Å². The average Bonchev–Trinajstić information content (AvgIpc) is 2.46. The van der Waals surface area contributed by atoms with Crippen molar-refractivity contribution in [1.29, 1.82) is 0 Å². The Labute approximate surface area is 113 Å². The minimum atomic E-state index is 0.525. The van der Waals surface area contributed by atoms with Gasteiger partial charge in [0.2, 0.25) is 0 Å². The summed E-state index contributed by atoms with van der Waals surface area (Å²) in [5.41, 5.74) is 7.68. The minimum Gasteiger partial charge on any atom is -0.490 e. The largest absolute Gasteiger partial charge is 0.490 e. The van der Waals surface area contributed by atoms with E-state index in [2.05, 4.69) is 17.2 Å². The molecule has 2 rings (SSSR count). The van der Waals surface area contributed by atoms with E-state index >= 15 is 0 Å². The van der Waals surface area contributed by atoms with Gasteiger partial charge >= 0.3 is 0 Å². The molecule has 2 aromatic rings. The van der Waals surface area contributed by atoms with Crippen LogP contribution in [0, 0.1) is 0 Å². The first kappa shape index (κ1) is 13.4. The molecule has 0 unspecified atom stereocenters. The second-order valence-electron chi connectivity index (χ2n) is 4.23. The molecule has 0 amide bonds. The molecule has 0 saturated heterocycles. The summed E-state index contributed by atoms with van der Waals surface area (Å²) < 4.78 is 5.67. The first-order chi connectivity index (χ1) is 9.33.